The largest absolute Gasteiger partial charge is 0.472 e. The molecule has 0 aromatic carbocycles. The number of hydrogen-bond donors (Lipinski definition) is 0. The van der Waals surface area contributed by atoms with Crippen LogP contribution in [0.4, 0.5) is 13.2 Å². The zero-order chi connectivity index (χ0) is 22.6. The lowest BCUT2D eigenvalue weighted by Gasteiger charge is -2.45. The van der Waals surface area contributed by atoms with E-state index in [9.17, 15) is 22.8 Å². The molecule has 7 nitrogen and oxygen atoms in total. The summed E-state index contributed by atoms with van der Waals surface area (Å²) in [4.78, 5) is 33.0. The second-order valence-corrected chi connectivity index (χ2v) is 8.42. The maximum absolute atomic E-state index is 13.8. The first-order valence-corrected chi connectivity index (χ1v) is 10.5. The van der Waals surface area contributed by atoms with Crippen LogP contribution in [-0.4, -0.2) is 56.2 Å². The Morgan fingerprint density at radius 3 is 2.62 bits per heavy atom. The monoisotopic (exact) mass is 446 g/mol. The fourth-order valence-electron chi connectivity index (χ4n) is 4.34. The standard InChI is InChI=1S/C22H21F3N4O3/c1-13-8-29(16-3-2-4-16)19(30)11-28(13)21(31)18-10-27-9-15(14-5-6-32-12-14)7-17(20(27)26-18)22(23,24)25/h5-7,9-10,12-13,16H,2-4,8,11H2,1H3. The van der Waals surface area contributed by atoms with E-state index in [2.05, 4.69) is 4.98 Å². The van der Waals surface area contributed by atoms with Gasteiger partial charge >= 0.3 is 6.18 Å². The lowest BCUT2D eigenvalue weighted by atomic mass is 9.90. The van der Waals surface area contributed by atoms with Crippen molar-refractivity contribution in [2.75, 3.05) is 13.1 Å². The third kappa shape index (κ3) is 3.43. The van der Waals surface area contributed by atoms with Gasteiger partial charge in [-0.1, -0.05) is 0 Å². The molecule has 10 heteroatoms. The number of halogens is 3. The number of nitrogens with zero attached hydrogens (tertiary/aromatic N) is 4. The summed E-state index contributed by atoms with van der Waals surface area (Å²) in [5.41, 5.74) is -0.677. The second kappa shape index (κ2) is 7.39. The summed E-state index contributed by atoms with van der Waals surface area (Å²) in [6.07, 6.45) is 3.85. The van der Waals surface area contributed by atoms with E-state index in [-0.39, 0.29) is 41.4 Å². The second-order valence-electron chi connectivity index (χ2n) is 8.42. The minimum absolute atomic E-state index is 0.100. The summed E-state index contributed by atoms with van der Waals surface area (Å²) >= 11 is 0. The number of pyridine rings is 1. The topological polar surface area (TPSA) is 71.1 Å². The van der Waals surface area contributed by atoms with Gasteiger partial charge in [-0.15, -0.1) is 0 Å². The van der Waals surface area contributed by atoms with Crippen molar-refractivity contribution >= 4 is 17.5 Å². The number of hydrogen-bond acceptors (Lipinski definition) is 4. The number of amides is 2. The summed E-state index contributed by atoms with van der Waals surface area (Å²) in [5, 5.41) is 0. The van der Waals surface area contributed by atoms with Gasteiger partial charge in [0.05, 0.1) is 18.1 Å². The van der Waals surface area contributed by atoms with Gasteiger partial charge in [0.2, 0.25) is 5.91 Å². The van der Waals surface area contributed by atoms with Gasteiger partial charge in [0.15, 0.2) is 0 Å². The molecule has 32 heavy (non-hydrogen) atoms. The Hall–Kier alpha value is -3.30. The molecule has 1 aliphatic heterocycles. The quantitative estimate of drug-likeness (QED) is 0.613. The number of piperazine rings is 1. The van der Waals surface area contributed by atoms with Crippen molar-refractivity contribution in [1.29, 1.82) is 0 Å². The predicted octanol–water partition coefficient (Wildman–Crippen LogP) is 3.84. The normalized spacial score (nSPS) is 20.1. The number of furan rings is 1. The van der Waals surface area contributed by atoms with Crippen LogP contribution in [0.25, 0.3) is 16.8 Å². The van der Waals surface area contributed by atoms with Crippen molar-refractivity contribution in [1.82, 2.24) is 19.2 Å². The van der Waals surface area contributed by atoms with E-state index in [1.807, 2.05) is 11.8 Å². The molecule has 2 fully saturated rings. The minimum atomic E-state index is -4.66. The smallest absolute Gasteiger partial charge is 0.420 e. The van der Waals surface area contributed by atoms with Crippen LogP contribution in [0.5, 0.6) is 0 Å². The van der Waals surface area contributed by atoms with Crippen LogP contribution in [0.1, 0.15) is 42.2 Å². The zero-order valence-corrected chi connectivity index (χ0v) is 17.3. The zero-order valence-electron chi connectivity index (χ0n) is 17.3. The molecular weight excluding hydrogens is 425 g/mol. The molecule has 0 radical (unpaired) electrons. The lowest BCUT2D eigenvalue weighted by molar-refractivity contribution is -0.141. The van der Waals surface area contributed by atoms with Crippen LogP contribution in [0.15, 0.2) is 41.5 Å². The van der Waals surface area contributed by atoms with Crippen molar-refractivity contribution in [3.05, 3.63) is 48.3 Å². The molecule has 0 spiro atoms. The maximum Gasteiger partial charge on any atom is 0.420 e. The molecule has 3 aromatic heterocycles. The van der Waals surface area contributed by atoms with Gasteiger partial charge in [-0.3, -0.25) is 9.59 Å². The number of fused-ring (bicyclic) bond motifs is 1. The Morgan fingerprint density at radius 1 is 1.22 bits per heavy atom. The Kier molecular flexibility index (Phi) is 4.75. The highest BCUT2D eigenvalue weighted by Gasteiger charge is 2.39. The van der Waals surface area contributed by atoms with Crippen molar-refractivity contribution in [2.45, 2.75) is 44.4 Å². The van der Waals surface area contributed by atoms with Gasteiger partial charge in [0.25, 0.3) is 5.91 Å². The highest BCUT2D eigenvalue weighted by molar-refractivity contribution is 5.96. The molecule has 3 aromatic rings. The molecule has 5 rings (SSSR count). The SMILES string of the molecule is CC1CN(C2CCC2)C(=O)CN1C(=O)c1cn2cc(-c3ccoc3)cc(C(F)(F)F)c2n1. The van der Waals surface area contributed by atoms with Crippen LogP contribution in [0.2, 0.25) is 0 Å². The fraction of sp³-hybridized carbons (Fsp3) is 0.409. The van der Waals surface area contributed by atoms with Crippen molar-refractivity contribution in [3.63, 3.8) is 0 Å². The molecule has 2 amide bonds. The molecule has 0 N–H and O–H groups in total. The molecule has 2 aliphatic rings. The average molecular weight is 446 g/mol. The molecule has 0 bridgehead atoms. The van der Waals surface area contributed by atoms with Crippen LogP contribution >= 0.6 is 0 Å². The molecule has 1 unspecified atom stereocenters. The number of aromatic nitrogens is 2. The third-order valence-electron chi connectivity index (χ3n) is 6.33. The lowest BCUT2D eigenvalue weighted by Crippen LogP contribution is -2.60. The van der Waals surface area contributed by atoms with E-state index in [1.165, 1.54) is 34.2 Å². The van der Waals surface area contributed by atoms with Crippen LogP contribution in [0, 0.1) is 0 Å². The van der Waals surface area contributed by atoms with E-state index in [0.717, 1.165) is 25.3 Å². The Bertz CT molecular complexity index is 1180. The van der Waals surface area contributed by atoms with Crippen molar-refractivity contribution in [2.24, 2.45) is 0 Å². The van der Waals surface area contributed by atoms with Gasteiger partial charge in [0.1, 0.15) is 17.9 Å². The number of alkyl halides is 3. The van der Waals surface area contributed by atoms with E-state index in [4.69, 9.17) is 4.42 Å². The van der Waals surface area contributed by atoms with Gasteiger partial charge in [-0.2, -0.15) is 13.2 Å². The average Bonchev–Trinajstić information content (AvgIpc) is 3.36. The van der Waals surface area contributed by atoms with E-state index in [0.29, 0.717) is 12.1 Å². The molecular formula is C22H21F3N4O3. The number of carbonyl (C=O) groups excluding carboxylic acids is 2. The Labute approximate surface area is 181 Å². The Balaban J connectivity index is 1.49. The first-order valence-electron chi connectivity index (χ1n) is 10.5. The van der Waals surface area contributed by atoms with Gasteiger partial charge in [0, 0.05) is 42.1 Å². The summed E-state index contributed by atoms with van der Waals surface area (Å²) < 4.78 is 47.4. The number of carbonyl (C=O) groups is 2. The number of rotatable bonds is 3. The third-order valence-corrected chi connectivity index (χ3v) is 6.33. The Morgan fingerprint density at radius 2 is 2.00 bits per heavy atom. The van der Waals surface area contributed by atoms with E-state index in [1.54, 1.807) is 6.07 Å². The highest BCUT2D eigenvalue weighted by Crippen LogP contribution is 2.35. The fourth-order valence-corrected chi connectivity index (χ4v) is 4.34. The predicted molar refractivity (Wildman–Crippen MR) is 108 cm³/mol. The maximum atomic E-state index is 13.8. The summed E-state index contributed by atoms with van der Waals surface area (Å²) in [5.74, 6) is -0.691. The summed E-state index contributed by atoms with van der Waals surface area (Å²) in [7, 11) is 0. The van der Waals surface area contributed by atoms with E-state index >= 15 is 0 Å². The van der Waals surface area contributed by atoms with Gasteiger partial charge in [-0.25, -0.2) is 4.98 Å². The van der Waals surface area contributed by atoms with Crippen LogP contribution < -0.4 is 0 Å². The van der Waals surface area contributed by atoms with Crippen LogP contribution in [-0.2, 0) is 11.0 Å². The first kappa shape index (κ1) is 20.6. The number of imidazole rings is 1. The molecule has 1 atom stereocenters. The molecule has 1 saturated carbocycles. The summed E-state index contributed by atoms with van der Waals surface area (Å²) in [6, 6.07) is 2.52. The highest BCUT2D eigenvalue weighted by atomic mass is 19.4. The molecule has 1 saturated heterocycles. The minimum Gasteiger partial charge on any atom is -0.472 e. The van der Waals surface area contributed by atoms with Crippen molar-refractivity contribution < 1.29 is 27.2 Å². The first-order chi connectivity index (χ1) is 15.2. The van der Waals surface area contributed by atoms with Crippen molar-refractivity contribution in [3.8, 4) is 11.1 Å². The molecule has 4 heterocycles. The van der Waals surface area contributed by atoms with Crippen LogP contribution in [0.3, 0.4) is 0 Å². The summed E-state index contributed by atoms with van der Waals surface area (Å²) in [6.45, 7) is 2.15. The molecule has 1 aliphatic carbocycles. The van der Waals surface area contributed by atoms with E-state index < -0.39 is 17.6 Å². The van der Waals surface area contributed by atoms with Gasteiger partial charge < -0.3 is 18.6 Å². The molecule has 168 valence electrons. The van der Waals surface area contributed by atoms with Gasteiger partial charge in [-0.05, 0) is 38.3 Å².